The maximum Gasteiger partial charge on any atom is 0.306 e. The van der Waals surface area contributed by atoms with E-state index in [9.17, 15) is 9.59 Å². The maximum absolute atomic E-state index is 11.1. The fourth-order valence-corrected chi connectivity index (χ4v) is 4.04. The Morgan fingerprint density at radius 3 is 1.25 bits per heavy atom. The molecule has 0 bridgehead atoms. The molecule has 1 unspecified atom stereocenters. The van der Waals surface area contributed by atoms with Crippen LogP contribution in [0.4, 0.5) is 0 Å². The van der Waals surface area contributed by atoms with E-state index in [2.05, 4.69) is 19.6 Å². The molecule has 0 radical (unpaired) electrons. The Morgan fingerprint density at radius 2 is 0.964 bits per heavy atom. The van der Waals surface area contributed by atoms with Gasteiger partial charge in [0, 0.05) is 6.42 Å². The van der Waals surface area contributed by atoms with Gasteiger partial charge in [-0.2, -0.15) is 0 Å². The molecule has 0 aliphatic carbocycles. The number of unbranched alkanes of at least 4 members (excludes halogenated alkanes) is 17. The molecule has 3 nitrogen and oxygen atoms in total. The number of thiol groups is 1. The van der Waals surface area contributed by atoms with Gasteiger partial charge in [0.1, 0.15) is 0 Å². The second-order valence-electron chi connectivity index (χ2n) is 8.43. The number of hydrogen-bond donors (Lipinski definition) is 2. The highest BCUT2D eigenvalue weighted by molar-refractivity contribution is 7.96. The Hall–Kier alpha value is -0.510. The van der Waals surface area contributed by atoms with Crippen molar-refractivity contribution in [3.8, 4) is 0 Å². The molecule has 4 heteroatoms. The predicted octanol–water partition coefficient (Wildman–Crippen LogP) is 7.97. The zero-order chi connectivity index (χ0) is 20.9. The summed E-state index contributed by atoms with van der Waals surface area (Å²) in [5, 5.41) is 8.76. The van der Waals surface area contributed by atoms with Gasteiger partial charge in [0.15, 0.2) is 5.12 Å². The summed E-state index contributed by atoms with van der Waals surface area (Å²) < 4.78 is 0. The molecule has 0 saturated heterocycles. The summed E-state index contributed by atoms with van der Waals surface area (Å²) in [5.41, 5.74) is 0. The Labute approximate surface area is 179 Å². The first kappa shape index (κ1) is 27.5. The molecule has 0 aromatic heterocycles. The van der Waals surface area contributed by atoms with Crippen molar-refractivity contribution in [2.45, 2.75) is 135 Å². The summed E-state index contributed by atoms with van der Waals surface area (Å²) in [6.07, 6.45) is 24.6. The van der Waals surface area contributed by atoms with E-state index in [0.717, 1.165) is 12.8 Å². The molecule has 0 aromatic rings. The molecule has 0 heterocycles. The van der Waals surface area contributed by atoms with Gasteiger partial charge in [-0.3, -0.25) is 9.59 Å². The minimum Gasteiger partial charge on any atom is -0.481 e. The Bertz CT molecular complexity index is 371. The third kappa shape index (κ3) is 20.2. The fourth-order valence-electron chi connectivity index (χ4n) is 3.82. The minimum absolute atomic E-state index is 0.0530. The van der Waals surface area contributed by atoms with Crippen molar-refractivity contribution < 1.29 is 14.7 Å². The summed E-state index contributed by atoms with van der Waals surface area (Å²) in [5.74, 6) is -1.42. The van der Waals surface area contributed by atoms with Crippen LogP contribution in [0.2, 0.25) is 0 Å². The number of rotatable bonds is 22. The zero-order valence-electron chi connectivity index (χ0n) is 18.4. The second-order valence-corrected chi connectivity index (χ2v) is 8.93. The molecule has 0 aliphatic rings. The van der Waals surface area contributed by atoms with E-state index in [-0.39, 0.29) is 11.5 Å². The van der Waals surface area contributed by atoms with Gasteiger partial charge in [0.25, 0.3) is 0 Å². The lowest BCUT2D eigenvalue weighted by molar-refractivity contribution is -0.143. The Kier molecular flexibility index (Phi) is 20.8. The van der Waals surface area contributed by atoms with Crippen LogP contribution in [0.3, 0.4) is 0 Å². The van der Waals surface area contributed by atoms with Crippen molar-refractivity contribution in [3.05, 3.63) is 0 Å². The number of aliphatic carboxylic acids is 1. The molecule has 0 aromatic carbocycles. The van der Waals surface area contributed by atoms with Crippen LogP contribution in [0.25, 0.3) is 0 Å². The molecule has 0 fully saturated rings. The molecular weight excluding hydrogens is 368 g/mol. The quantitative estimate of drug-likeness (QED) is 0.139. The number of carbonyl (C=O) groups is 2. The topological polar surface area (TPSA) is 54.4 Å². The molecule has 166 valence electrons. The van der Waals surface area contributed by atoms with Gasteiger partial charge in [-0.15, -0.1) is 12.6 Å². The Balaban J connectivity index is 3.23. The lowest BCUT2D eigenvalue weighted by atomic mass is 9.97. The highest BCUT2D eigenvalue weighted by Gasteiger charge is 2.18. The molecular formula is C24H46O3S. The average molecular weight is 415 g/mol. The monoisotopic (exact) mass is 414 g/mol. The van der Waals surface area contributed by atoms with Gasteiger partial charge in [-0.1, -0.05) is 122 Å². The Morgan fingerprint density at radius 1 is 0.643 bits per heavy atom. The van der Waals surface area contributed by atoms with E-state index in [1.807, 2.05) is 0 Å². The molecule has 0 aliphatic heterocycles. The van der Waals surface area contributed by atoms with Crippen LogP contribution in [0, 0.1) is 5.92 Å². The van der Waals surface area contributed by atoms with Gasteiger partial charge < -0.3 is 5.11 Å². The summed E-state index contributed by atoms with van der Waals surface area (Å²) in [6.45, 7) is 2.27. The maximum atomic E-state index is 11.1. The van der Waals surface area contributed by atoms with E-state index in [1.165, 1.54) is 103 Å². The number of carboxylic acid groups (broad SMARTS) is 1. The lowest BCUT2D eigenvalue weighted by Gasteiger charge is -2.09. The van der Waals surface area contributed by atoms with Gasteiger partial charge in [0.05, 0.1) is 5.92 Å². The standard InChI is InChI=1S/C24H46O3S/c1-2-3-4-5-6-7-8-9-10-11-12-13-14-15-16-17-18-19-20-22(24(26)27)21-23(25)28/h22H,2-21H2,1H3,(H,25,28)(H,26,27). The van der Waals surface area contributed by atoms with Crippen molar-refractivity contribution in [1.29, 1.82) is 0 Å². The highest BCUT2D eigenvalue weighted by Crippen LogP contribution is 2.18. The van der Waals surface area contributed by atoms with Crippen LogP contribution < -0.4 is 0 Å². The normalized spacial score (nSPS) is 12.2. The molecule has 0 saturated carbocycles. The third-order valence-electron chi connectivity index (χ3n) is 5.68. The predicted molar refractivity (Wildman–Crippen MR) is 123 cm³/mol. The minimum atomic E-state index is -0.866. The van der Waals surface area contributed by atoms with E-state index in [4.69, 9.17) is 5.11 Å². The summed E-state index contributed by atoms with van der Waals surface area (Å²) in [4.78, 5) is 22.0. The van der Waals surface area contributed by atoms with E-state index in [1.54, 1.807) is 0 Å². The smallest absolute Gasteiger partial charge is 0.306 e. The average Bonchev–Trinajstić information content (AvgIpc) is 2.65. The first-order valence-electron chi connectivity index (χ1n) is 12.0. The second kappa shape index (κ2) is 21.2. The highest BCUT2D eigenvalue weighted by atomic mass is 32.1. The first-order valence-corrected chi connectivity index (χ1v) is 12.5. The molecule has 1 atom stereocenters. The van der Waals surface area contributed by atoms with Crippen LogP contribution in [-0.2, 0) is 9.59 Å². The van der Waals surface area contributed by atoms with Crippen molar-refractivity contribution in [2.24, 2.45) is 5.92 Å². The van der Waals surface area contributed by atoms with Crippen LogP contribution >= 0.6 is 12.6 Å². The van der Waals surface area contributed by atoms with E-state index >= 15 is 0 Å². The fraction of sp³-hybridized carbons (Fsp3) is 0.917. The van der Waals surface area contributed by atoms with Crippen molar-refractivity contribution in [3.63, 3.8) is 0 Å². The number of carbonyl (C=O) groups excluding carboxylic acids is 1. The van der Waals surface area contributed by atoms with Crippen LogP contribution in [0.5, 0.6) is 0 Å². The van der Waals surface area contributed by atoms with Crippen molar-refractivity contribution in [2.75, 3.05) is 0 Å². The van der Waals surface area contributed by atoms with Crippen molar-refractivity contribution >= 4 is 23.7 Å². The van der Waals surface area contributed by atoms with Crippen LogP contribution in [0.15, 0.2) is 0 Å². The van der Waals surface area contributed by atoms with Gasteiger partial charge in [0.2, 0.25) is 0 Å². The number of carboxylic acids is 1. The van der Waals surface area contributed by atoms with Crippen molar-refractivity contribution in [1.82, 2.24) is 0 Å². The van der Waals surface area contributed by atoms with Gasteiger partial charge in [-0.05, 0) is 6.42 Å². The molecule has 0 rings (SSSR count). The lowest BCUT2D eigenvalue weighted by Crippen LogP contribution is -2.16. The molecule has 28 heavy (non-hydrogen) atoms. The zero-order valence-corrected chi connectivity index (χ0v) is 19.3. The van der Waals surface area contributed by atoms with E-state index in [0.29, 0.717) is 6.42 Å². The summed E-state index contributed by atoms with van der Waals surface area (Å²) >= 11 is 3.69. The summed E-state index contributed by atoms with van der Waals surface area (Å²) in [6, 6.07) is 0. The SMILES string of the molecule is CCCCCCCCCCCCCCCCCCCCC(CC(=O)S)C(=O)O. The van der Waals surface area contributed by atoms with Crippen LogP contribution in [0.1, 0.15) is 135 Å². The molecule has 1 N–H and O–H groups in total. The summed E-state index contributed by atoms with van der Waals surface area (Å²) in [7, 11) is 0. The first-order chi connectivity index (χ1) is 13.6. The molecule has 0 amide bonds. The third-order valence-corrected chi connectivity index (χ3v) is 5.86. The largest absolute Gasteiger partial charge is 0.481 e. The molecule has 0 spiro atoms. The number of hydrogen-bond acceptors (Lipinski definition) is 2. The van der Waals surface area contributed by atoms with Gasteiger partial charge in [-0.25, -0.2) is 0 Å². The van der Waals surface area contributed by atoms with E-state index < -0.39 is 11.9 Å². The van der Waals surface area contributed by atoms with Crippen LogP contribution in [-0.4, -0.2) is 16.2 Å². The van der Waals surface area contributed by atoms with Gasteiger partial charge >= 0.3 is 5.97 Å².